The number of aryl methyl sites for hydroxylation is 1. The Morgan fingerprint density at radius 1 is 0.964 bits per heavy atom. The van der Waals surface area contributed by atoms with Gasteiger partial charge in [0.2, 0.25) is 0 Å². The number of esters is 3. The summed E-state index contributed by atoms with van der Waals surface area (Å²) in [5.74, 6) is -1.35. The first-order chi connectivity index (χ1) is 13.3. The molecule has 152 valence electrons. The van der Waals surface area contributed by atoms with E-state index in [1.54, 1.807) is 39.0 Å². The molecule has 0 saturated heterocycles. The molecule has 1 rings (SSSR count). The Labute approximate surface area is 164 Å². The lowest BCUT2D eigenvalue weighted by Crippen LogP contribution is -2.18. The molecule has 0 heterocycles. The summed E-state index contributed by atoms with van der Waals surface area (Å²) in [6, 6.07) is 5.16. The van der Waals surface area contributed by atoms with Gasteiger partial charge in [0, 0.05) is 5.57 Å². The van der Waals surface area contributed by atoms with Crippen molar-refractivity contribution in [3.8, 4) is 5.75 Å². The molecule has 0 aliphatic rings. The molecule has 7 heteroatoms. The Morgan fingerprint density at radius 3 is 2.07 bits per heavy atom. The maximum atomic E-state index is 12.0. The first kappa shape index (κ1) is 23.0. The molecule has 0 saturated carbocycles. The minimum atomic E-state index is -0.738. The van der Waals surface area contributed by atoms with Gasteiger partial charge in [-0.2, -0.15) is 0 Å². The fourth-order valence-electron chi connectivity index (χ4n) is 2.12. The fourth-order valence-corrected chi connectivity index (χ4v) is 2.12. The van der Waals surface area contributed by atoms with Gasteiger partial charge in [-0.15, -0.1) is 0 Å². The number of benzene rings is 1. The molecule has 7 nitrogen and oxygen atoms in total. The summed E-state index contributed by atoms with van der Waals surface area (Å²) in [6.07, 6.45) is 1.42. The molecule has 1 aromatic rings. The van der Waals surface area contributed by atoms with Crippen molar-refractivity contribution < 1.29 is 33.3 Å². The largest absolute Gasteiger partial charge is 0.490 e. The van der Waals surface area contributed by atoms with E-state index in [0.29, 0.717) is 16.9 Å². The lowest BCUT2D eigenvalue weighted by molar-refractivity contribution is -0.146. The summed E-state index contributed by atoms with van der Waals surface area (Å²) < 4.78 is 20.4. The zero-order chi connectivity index (χ0) is 21.1. The maximum Gasteiger partial charge on any atom is 0.345 e. The SMILES string of the molecule is C=C(C)C(=O)OCCOc1ccc(C=C(C(=O)OCC)C(=O)OCC)cc1C. The van der Waals surface area contributed by atoms with Crippen molar-refractivity contribution in [2.24, 2.45) is 0 Å². The van der Waals surface area contributed by atoms with Crippen LogP contribution in [0.5, 0.6) is 5.75 Å². The molecule has 0 aliphatic heterocycles. The van der Waals surface area contributed by atoms with Crippen LogP contribution in [0.15, 0.2) is 35.9 Å². The second kappa shape index (κ2) is 11.6. The summed E-state index contributed by atoms with van der Waals surface area (Å²) >= 11 is 0. The maximum absolute atomic E-state index is 12.0. The highest BCUT2D eigenvalue weighted by Gasteiger charge is 2.21. The minimum Gasteiger partial charge on any atom is -0.490 e. The van der Waals surface area contributed by atoms with Crippen LogP contribution < -0.4 is 4.74 Å². The third kappa shape index (κ3) is 7.26. The molecule has 0 bridgehead atoms. The number of hydrogen-bond donors (Lipinski definition) is 0. The summed E-state index contributed by atoms with van der Waals surface area (Å²) in [7, 11) is 0. The molecule has 0 fully saturated rings. The van der Waals surface area contributed by atoms with Crippen molar-refractivity contribution in [2.75, 3.05) is 26.4 Å². The van der Waals surface area contributed by atoms with E-state index in [0.717, 1.165) is 5.56 Å². The normalized spacial score (nSPS) is 9.86. The molecule has 1 aromatic carbocycles. The molecular formula is C21H26O7. The predicted molar refractivity (Wildman–Crippen MR) is 104 cm³/mol. The third-order valence-corrected chi connectivity index (χ3v) is 3.42. The molecule has 0 spiro atoms. The van der Waals surface area contributed by atoms with Gasteiger partial charge in [0.15, 0.2) is 0 Å². The molecule has 0 aliphatic carbocycles. The van der Waals surface area contributed by atoms with Gasteiger partial charge in [-0.05, 0) is 57.0 Å². The van der Waals surface area contributed by atoms with Gasteiger partial charge in [-0.25, -0.2) is 14.4 Å². The first-order valence-electron chi connectivity index (χ1n) is 8.92. The molecule has 0 N–H and O–H groups in total. The van der Waals surface area contributed by atoms with Gasteiger partial charge in [-0.1, -0.05) is 12.6 Å². The van der Waals surface area contributed by atoms with E-state index in [-0.39, 0.29) is 32.0 Å². The highest BCUT2D eigenvalue weighted by atomic mass is 16.6. The quantitative estimate of drug-likeness (QED) is 0.152. The fraction of sp³-hybridized carbons (Fsp3) is 0.381. The van der Waals surface area contributed by atoms with Gasteiger partial charge < -0.3 is 18.9 Å². The van der Waals surface area contributed by atoms with Crippen LogP contribution in [0.2, 0.25) is 0 Å². The Hall–Kier alpha value is -3.09. The Bertz CT molecular complexity index is 742. The highest BCUT2D eigenvalue weighted by molar-refractivity contribution is 6.17. The van der Waals surface area contributed by atoms with E-state index in [1.807, 2.05) is 6.92 Å². The zero-order valence-corrected chi connectivity index (χ0v) is 16.7. The van der Waals surface area contributed by atoms with Crippen molar-refractivity contribution in [3.63, 3.8) is 0 Å². The molecule has 0 atom stereocenters. The molecule has 0 unspecified atom stereocenters. The van der Waals surface area contributed by atoms with Gasteiger partial charge in [0.1, 0.15) is 24.5 Å². The molecule has 0 amide bonds. The summed E-state index contributed by atoms with van der Waals surface area (Å²) in [5, 5.41) is 0. The average Bonchev–Trinajstić information content (AvgIpc) is 2.64. The predicted octanol–water partition coefficient (Wildman–Crippen LogP) is 3.00. The van der Waals surface area contributed by atoms with Crippen LogP contribution in [-0.4, -0.2) is 44.3 Å². The Morgan fingerprint density at radius 2 is 1.57 bits per heavy atom. The Balaban J connectivity index is 2.86. The minimum absolute atomic E-state index is 0.0999. The summed E-state index contributed by atoms with van der Waals surface area (Å²) in [6.45, 7) is 10.8. The van der Waals surface area contributed by atoms with E-state index in [4.69, 9.17) is 18.9 Å². The monoisotopic (exact) mass is 390 g/mol. The van der Waals surface area contributed by atoms with Crippen molar-refractivity contribution in [3.05, 3.63) is 47.1 Å². The second-order valence-electron chi connectivity index (χ2n) is 5.79. The lowest BCUT2D eigenvalue weighted by atomic mass is 10.1. The first-order valence-corrected chi connectivity index (χ1v) is 8.92. The van der Waals surface area contributed by atoms with E-state index >= 15 is 0 Å². The second-order valence-corrected chi connectivity index (χ2v) is 5.79. The molecule has 28 heavy (non-hydrogen) atoms. The van der Waals surface area contributed by atoms with Crippen molar-refractivity contribution in [1.82, 2.24) is 0 Å². The number of carbonyl (C=O) groups excluding carboxylic acids is 3. The van der Waals surface area contributed by atoms with Gasteiger partial charge in [0.05, 0.1) is 13.2 Å². The Kier molecular flexibility index (Phi) is 9.50. The molecule has 0 radical (unpaired) electrons. The number of carbonyl (C=O) groups is 3. The van der Waals surface area contributed by atoms with Crippen LogP contribution in [0.3, 0.4) is 0 Å². The van der Waals surface area contributed by atoms with E-state index < -0.39 is 17.9 Å². The van der Waals surface area contributed by atoms with Crippen molar-refractivity contribution >= 4 is 24.0 Å². The van der Waals surface area contributed by atoms with Crippen molar-refractivity contribution in [2.45, 2.75) is 27.7 Å². The highest BCUT2D eigenvalue weighted by Crippen LogP contribution is 2.21. The zero-order valence-electron chi connectivity index (χ0n) is 16.7. The van der Waals surface area contributed by atoms with Crippen LogP contribution >= 0.6 is 0 Å². The number of hydrogen-bond acceptors (Lipinski definition) is 7. The van der Waals surface area contributed by atoms with E-state index in [2.05, 4.69) is 6.58 Å². The number of ether oxygens (including phenoxy) is 4. The van der Waals surface area contributed by atoms with Crippen LogP contribution in [0, 0.1) is 6.92 Å². The van der Waals surface area contributed by atoms with Crippen LogP contribution in [0.25, 0.3) is 6.08 Å². The van der Waals surface area contributed by atoms with Crippen molar-refractivity contribution in [1.29, 1.82) is 0 Å². The average molecular weight is 390 g/mol. The van der Waals surface area contributed by atoms with Crippen LogP contribution in [0.4, 0.5) is 0 Å². The smallest absolute Gasteiger partial charge is 0.345 e. The topological polar surface area (TPSA) is 88.1 Å². The third-order valence-electron chi connectivity index (χ3n) is 3.42. The van der Waals surface area contributed by atoms with Gasteiger partial charge in [0.25, 0.3) is 0 Å². The van der Waals surface area contributed by atoms with E-state index in [9.17, 15) is 14.4 Å². The van der Waals surface area contributed by atoms with Crippen LogP contribution in [-0.2, 0) is 28.6 Å². The van der Waals surface area contributed by atoms with E-state index in [1.165, 1.54) is 6.08 Å². The van der Waals surface area contributed by atoms with Gasteiger partial charge >= 0.3 is 17.9 Å². The van der Waals surface area contributed by atoms with Gasteiger partial charge in [-0.3, -0.25) is 0 Å². The van der Waals surface area contributed by atoms with Crippen LogP contribution in [0.1, 0.15) is 31.9 Å². The lowest BCUT2D eigenvalue weighted by Gasteiger charge is -2.11. The summed E-state index contributed by atoms with van der Waals surface area (Å²) in [5.41, 5.74) is 1.55. The number of rotatable bonds is 10. The summed E-state index contributed by atoms with van der Waals surface area (Å²) in [4.78, 5) is 35.4. The standard InChI is InChI=1S/C21H26O7/c1-6-25-20(23)17(21(24)26-7-2)13-16-8-9-18(15(5)12-16)27-10-11-28-19(22)14(3)4/h8-9,12-13H,3,6-7,10-11H2,1-2,4-5H3. The molecule has 0 aromatic heterocycles. The molecular weight excluding hydrogens is 364 g/mol.